The molecule has 0 spiro atoms. The van der Waals surface area contributed by atoms with Crippen molar-refractivity contribution in [1.29, 1.82) is 0 Å². The molecule has 0 heterocycles. The SMILES string of the molecule is CC(C)(C)OC(=O)C(N)CC[Si](C)(C)CCl. The molecule has 2 N–H and O–H groups in total. The third-order valence-corrected chi connectivity index (χ3v) is 6.74. The first-order valence-electron chi connectivity index (χ1n) is 5.62. The summed E-state index contributed by atoms with van der Waals surface area (Å²) >= 11 is 5.87. The van der Waals surface area contributed by atoms with Crippen LogP contribution in [0.15, 0.2) is 0 Å². The average molecular weight is 266 g/mol. The number of hydrogen-bond donors (Lipinski definition) is 1. The van der Waals surface area contributed by atoms with Crippen LogP contribution in [0.25, 0.3) is 0 Å². The highest BCUT2D eigenvalue weighted by Crippen LogP contribution is 2.16. The van der Waals surface area contributed by atoms with Crippen molar-refractivity contribution in [2.45, 2.75) is 58.0 Å². The molecule has 0 aliphatic heterocycles. The van der Waals surface area contributed by atoms with Crippen molar-refractivity contribution in [1.82, 2.24) is 0 Å². The van der Waals surface area contributed by atoms with E-state index in [0.717, 1.165) is 6.04 Å². The summed E-state index contributed by atoms with van der Waals surface area (Å²) in [5, 5.41) is 0. The van der Waals surface area contributed by atoms with Crippen molar-refractivity contribution in [2.24, 2.45) is 5.73 Å². The lowest BCUT2D eigenvalue weighted by atomic mass is 10.2. The molecule has 0 amide bonds. The number of hydrogen-bond acceptors (Lipinski definition) is 3. The Morgan fingerprint density at radius 2 is 1.94 bits per heavy atom. The van der Waals surface area contributed by atoms with Crippen molar-refractivity contribution in [3.05, 3.63) is 0 Å². The van der Waals surface area contributed by atoms with Gasteiger partial charge in [0.1, 0.15) is 11.6 Å². The van der Waals surface area contributed by atoms with Crippen LogP contribution in [0, 0.1) is 0 Å². The number of esters is 1. The molecule has 0 aromatic carbocycles. The maximum Gasteiger partial charge on any atom is 0.323 e. The first kappa shape index (κ1) is 15.9. The van der Waals surface area contributed by atoms with Gasteiger partial charge in [-0.25, -0.2) is 0 Å². The molecular formula is C11H24ClNO2Si. The lowest BCUT2D eigenvalue weighted by Crippen LogP contribution is -2.39. The Labute approximate surface area is 105 Å². The van der Waals surface area contributed by atoms with E-state index in [9.17, 15) is 4.79 Å². The van der Waals surface area contributed by atoms with Gasteiger partial charge in [-0.15, -0.1) is 11.6 Å². The fraction of sp³-hybridized carbons (Fsp3) is 0.909. The molecule has 0 aliphatic rings. The second-order valence-electron chi connectivity index (χ2n) is 5.98. The normalized spacial score (nSPS) is 14.7. The van der Waals surface area contributed by atoms with Crippen molar-refractivity contribution in [3.8, 4) is 0 Å². The van der Waals surface area contributed by atoms with Crippen LogP contribution in [0.4, 0.5) is 0 Å². The van der Waals surface area contributed by atoms with Crippen molar-refractivity contribution >= 4 is 25.6 Å². The van der Waals surface area contributed by atoms with Crippen molar-refractivity contribution < 1.29 is 9.53 Å². The van der Waals surface area contributed by atoms with Gasteiger partial charge in [0.15, 0.2) is 0 Å². The Balaban J connectivity index is 4.08. The Morgan fingerprint density at radius 3 is 2.31 bits per heavy atom. The Hall–Kier alpha value is -0.0631. The highest BCUT2D eigenvalue weighted by molar-refractivity contribution is 6.83. The quantitative estimate of drug-likeness (QED) is 0.472. The summed E-state index contributed by atoms with van der Waals surface area (Å²) in [6.07, 6.45) is 0.668. The maximum absolute atomic E-state index is 11.6. The molecule has 0 rings (SSSR count). The Bertz CT molecular complexity index is 239. The van der Waals surface area contributed by atoms with Gasteiger partial charge >= 0.3 is 5.97 Å². The van der Waals surface area contributed by atoms with Crippen LogP contribution in [0.2, 0.25) is 19.1 Å². The molecule has 1 unspecified atom stereocenters. The van der Waals surface area contributed by atoms with Gasteiger partial charge in [0, 0.05) is 5.50 Å². The fourth-order valence-corrected chi connectivity index (χ4v) is 2.74. The number of alkyl halides is 1. The van der Waals surface area contributed by atoms with E-state index in [2.05, 4.69) is 13.1 Å². The van der Waals surface area contributed by atoms with Crippen molar-refractivity contribution in [3.63, 3.8) is 0 Å². The zero-order chi connectivity index (χ0) is 13.0. The Kier molecular flexibility index (Phi) is 6.01. The van der Waals surface area contributed by atoms with Crippen LogP contribution in [0.1, 0.15) is 27.2 Å². The van der Waals surface area contributed by atoms with E-state index in [1.54, 1.807) is 0 Å². The first-order chi connectivity index (χ1) is 7.07. The highest BCUT2D eigenvalue weighted by Gasteiger charge is 2.25. The van der Waals surface area contributed by atoms with Crippen LogP contribution in [-0.2, 0) is 9.53 Å². The van der Waals surface area contributed by atoms with Crippen LogP contribution in [0.5, 0.6) is 0 Å². The number of halogens is 1. The number of ether oxygens (including phenoxy) is 1. The van der Waals surface area contributed by atoms with Gasteiger partial charge in [0.2, 0.25) is 0 Å². The molecule has 0 bridgehead atoms. The predicted molar refractivity (Wildman–Crippen MR) is 71.4 cm³/mol. The lowest BCUT2D eigenvalue weighted by Gasteiger charge is -2.24. The van der Waals surface area contributed by atoms with E-state index in [1.807, 2.05) is 20.8 Å². The zero-order valence-corrected chi connectivity index (χ0v) is 12.7. The second kappa shape index (κ2) is 6.03. The number of rotatable bonds is 5. The van der Waals surface area contributed by atoms with Crippen LogP contribution in [0.3, 0.4) is 0 Å². The summed E-state index contributed by atoms with van der Waals surface area (Å²) in [6.45, 7) is 9.92. The van der Waals surface area contributed by atoms with Gasteiger partial charge in [-0.1, -0.05) is 19.1 Å². The molecule has 96 valence electrons. The summed E-state index contributed by atoms with van der Waals surface area (Å²) in [6, 6.07) is 0.436. The molecule has 3 nitrogen and oxygen atoms in total. The van der Waals surface area contributed by atoms with E-state index >= 15 is 0 Å². The van der Waals surface area contributed by atoms with Gasteiger partial charge in [-0.3, -0.25) is 4.79 Å². The van der Waals surface area contributed by atoms with E-state index < -0.39 is 19.7 Å². The third kappa shape index (κ3) is 7.25. The minimum Gasteiger partial charge on any atom is -0.459 e. The van der Waals surface area contributed by atoms with E-state index in [0.29, 0.717) is 11.9 Å². The molecule has 0 fully saturated rings. The average Bonchev–Trinajstić information content (AvgIpc) is 2.11. The van der Waals surface area contributed by atoms with Crippen LogP contribution < -0.4 is 5.73 Å². The minimum absolute atomic E-state index is 0.313. The molecule has 0 aromatic rings. The third-order valence-electron chi connectivity index (χ3n) is 2.20. The van der Waals surface area contributed by atoms with Gasteiger partial charge in [0.05, 0.1) is 8.07 Å². The largest absolute Gasteiger partial charge is 0.459 e. The Morgan fingerprint density at radius 1 is 1.44 bits per heavy atom. The number of carbonyl (C=O) groups is 1. The molecule has 1 atom stereocenters. The monoisotopic (exact) mass is 265 g/mol. The predicted octanol–water partition coefficient (Wildman–Crippen LogP) is 2.53. The number of nitrogens with two attached hydrogens (primary N) is 1. The first-order valence-corrected chi connectivity index (χ1v) is 9.57. The van der Waals surface area contributed by atoms with Gasteiger partial charge < -0.3 is 10.5 Å². The summed E-state index contributed by atoms with van der Waals surface area (Å²) < 4.78 is 5.22. The molecule has 0 aliphatic carbocycles. The zero-order valence-electron chi connectivity index (χ0n) is 11.0. The lowest BCUT2D eigenvalue weighted by molar-refractivity contribution is -0.156. The molecule has 0 radical (unpaired) electrons. The molecular weight excluding hydrogens is 242 g/mol. The van der Waals surface area contributed by atoms with E-state index in [1.165, 1.54) is 0 Å². The topological polar surface area (TPSA) is 52.3 Å². The summed E-state index contributed by atoms with van der Waals surface area (Å²) in [5.74, 6) is -0.313. The van der Waals surface area contributed by atoms with E-state index in [4.69, 9.17) is 22.1 Å². The van der Waals surface area contributed by atoms with Gasteiger partial charge in [-0.2, -0.15) is 0 Å². The molecule has 0 aromatic heterocycles. The molecule has 5 heteroatoms. The van der Waals surface area contributed by atoms with E-state index in [-0.39, 0.29) is 5.97 Å². The van der Waals surface area contributed by atoms with Gasteiger partial charge in [0.25, 0.3) is 0 Å². The minimum atomic E-state index is -1.37. The molecule has 16 heavy (non-hydrogen) atoms. The molecule has 0 saturated heterocycles. The van der Waals surface area contributed by atoms with Gasteiger partial charge in [-0.05, 0) is 27.2 Å². The fourth-order valence-electron chi connectivity index (χ4n) is 1.11. The second-order valence-corrected chi connectivity index (χ2v) is 11.9. The highest BCUT2D eigenvalue weighted by atomic mass is 35.5. The summed E-state index contributed by atoms with van der Waals surface area (Å²) in [5.41, 5.74) is 6.03. The summed E-state index contributed by atoms with van der Waals surface area (Å²) in [4.78, 5) is 11.6. The smallest absolute Gasteiger partial charge is 0.323 e. The van der Waals surface area contributed by atoms with Crippen LogP contribution in [-0.4, -0.2) is 31.2 Å². The van der Waals surface area contributed by atoms with Crippen LogP contribution >= 0.6 is 11.6 Å². The molecule has 0 saturated carbocycles. The maximum atomic E-state index is 11.6. The summed E-state index contributed by atoms with van der Waals surface area (Å²) in [7, 11) is -1.37. The standard InChI is InChI=1S/C11H24ClNO2Si/c1-11(2,3)15-10(14)9(13)6-7-16(4,5)8-12/h9H,6-8,13H2,1-5H3. The van der Waals surface area contributed by atoms with Crippen molar-refractivity contribution in [2.75, 3.05) is 5.50 Å². The number of carbonyl (C=O) groups excluding carboxylic acids is 1.